The number of nitrogen functional groups attached to an aromatic ring is 1. The number of nitrogens with zero attached hydrogens (tertiary/aromatic N) is 1. The summed E-state index contributed by atoms with van der Waals surface area (Å²) >= 11 is 0. The van der Waals surface area contributed by atoms with E-state index in [0.29, 0.717) is 0 Å². The third-order valence-corrected chi connectivity index (χ3v) is 2.78. The second kappa shape index (κ2) is 3.42. The Bertz CT molecular complexity index is 624. The molecule has 3 aromatic rings. The van der Waals surface area contributed by atoms with Crippen molar-refractivity contribution in [3.05, 3.63) is 60.8 Å². The smallest absolute Gasteiger partial charge is 0.0578 e. The van der Waals surface area contributed by atoms with Gasteiger partial charge < -0.3 is 10.3 Å². The van der Waals surface area contributed by atoms with Crippen LogP contribution in [0.4, 0.5) is 5.69 Å². The van der Waals surface area contributed by atoms with E-state index < -0.39 is 0 Å². The Kier molecular flexibility index (Phi) is 1.93. The molecule has 0 bridgehead atoms. The Hall–Kier alpha value is -2.22. The first-order chi connectivity index (χ1) is 7.86. The van der Waals surface area contributed by atoms with Crippen LogP contribution in [-0.4, -0.2) is 4.57 Å². The maximum absolute atomic E-state index is 5.99. The fourth-order valence-corrected chi connectivity index (χ4v) is 2.01. The molecular formula is C14H12N2. The fraction of sp³-hybridized carbons (Fsp3) is 0. The van der Waals surface area contributed by atoms with Gasteiger partial charge >= 0.3 is 0 Å². The summed E-state index contributed by atoms with van der Waals surface area (Å²) in [5.74, 6) is 0. The van der Waals surface area contributed by atoms with Crippen molar-refractivity contribution in [3.63, 3.8) is 0 Å². The van der Waals surface area contributed by atoms with Gasteiger partial charge in [-0.2, -0.15) is 0 Å². The first kappa shape index (κ1) is 9.04. The van der Waals surface area contributed by atoms with Crippen molar-refractivity contribution in [2.45, 2.75) is 0 Å². The van der Waals surface area contributed by atoms with E-state index >= 15 is 0 Å². The average Bonchev–Trinajstić information content (AvgIpc) is 2.69. The molecule has 2 nitrogen and oxygen atoms in total. The van der Waals surface area contributed by atoms with Crippen LogP contribution in [0.15, 0.2) is 60.8 Å². The Morgan fingerprint density at radius 1 is 0.812 bits per heavy atom. The van der Waals surface area contributed by atoms with Gasteiger partial charge in [-0.25, -0.2) is 0 Å². The second-order valence-electron chi connectivity index (χ2n) is 3.81. The number of hydrogen-bond donors (Lipinski definition) is 1. The zero-order valence-electron chi connectivity index (χ0n) is 8.80. The number of rotatable bonds is 1. The average molecular weight is 208 g/mol. The summed E-state index contributed by atoms with van der Waals surface area (Å²) in [5.41, 5.74) is 9.09. The van der Waals surface area contributed by atoms with Gasteiger partial charge in [-0.3, -0.25) is 0 Å². The topological polar surface area (TPSA) is 30.9 Å². The predicted octanol–water partition coefficient (Wildman–Crippen LogP) is 3.21. The van der Waals surface area contributed by atoms with E-state index in [0.717, 1.165) is 22.3 Å². The summed E-state index contributed by atoms with van der Waals surface area (Å²) in [7, 11) is 0. The molecule has 16 heavy (non-hydrogen) atoms. The fourth-order valence-electron chi connectivity index (χ4n) is 2.01. The van der Waals surface area contributed by atoms with E-state index in [2.05, 4.69) is 22.8 Å². The highest BCUT2D eigenvalue weighted by Gasteiger charge is 2.05. The molecule has 0 atom stereocenters. The molecule has 1 aromatic heterocycles. The third-order valence-electron chi connectivity index (χ3n) is 2.78. The Balaban J connectivity index is 2.33. The molecule has 78 valence electrons. The molecule has 0 fully saturated rings. The van der Waals surface area contributed by atoms with Crippen LogP contribution in [0.2, 0.25) is 0 Å². The molecule has 1 heterocycles. The number of anilines is 1. The van der Waals surface area contributed by atoms with Crippen molar-refractivity contribution >= 4 is 16.6 Å². The lowest BCUT2D eigenvalue weighted by Gasteiger charge is -2.03. The van der Waals surface area contributed by atoms with Crippen LogP contribution < -0.4 is 5.73 Å². The van der Waals surface area contributed by atoms with Crippen molar-refractivity contribution in [2.24, 2.45) is 0 Å². The van der Waals surface area contributed by atoms with E-state index in [1.54, 1.807) is 0 Å². The van der Waals surface area contributed by atoms with Crippen LogP contribution in [0.3, 0.4) is 0 Å². The number of nitrogens with two attached hydrogens (primary N) is 1. The second-order valence-corrected chi connectivity index (χ2v) is 3.81. The quantitative estimate of drug-likeness (QED) is 0.654. The number of hydrogen-bond acceptors (Lipinski definition) is 1. The third kappa shape index (κ3) is 1.27. The standard InChI is InChI=1S/C14H12N2/c15-13-10-16(11-6-2-1-3-7-11)14-9-5-4-8-12(13)14/h1-10H,15H2. The SMILES string of the molecule is Nc1cn(-c2ccccc2)c2ccccc12. The van der Waals surface area contributed by atoms with Crippen molar-refractivity contribution in [3.8, 4) is 5.69 Å². The molecule has 2 aromatic carbocycles. The highest BCUT2D eigenvalue weighted by molar-refractivity contribution is 5.93. The van der Waals surface area contributed by atoms with Gasteiger partial charge in [0, 0.05) is 17.3 Å². The molecule has 0 amide bonds. The number of aromatic nitrogens is 1. The molecule has 2 N–H and O–H groups in total. The predicted molar refractivity (Wildman–Crippen MR) is 67.7 cm³/mol. The van der Waals surface area contributed by atoms with Crippen molar-refractivity contribution in [1.29, 1.82) is 0 Å². The van der Waals surface area contributed by atoms with Gasteiger partial charge in [0.2, 0.25) is 0 Å². The van der Waals surface area contributed by atoms with Crippen LogP contribution in [0, 0.1) is 0 Å². The summed E-state index contributed by atoms with van der Waals surface area (Å²) in [6.45, 7) is 0. The van der Waals surface area contributed by atoms with Gasteiger partial charge in [-0.05, 0) is 18.2 Å². The summed E-state index contributed by atoms with van der Waals surface area (Å²) in [5, 5.41) is 1.10. The van der Waals surface area contributed by atoms with E-state index in [1.807, 2.05) is 42.6 Å². The van der Waals surface area contributed by atoms with Gasteiger partial charge in [0.05, 0.1) is 11.2 Å². The molecule has 0 unspecified atom stereocenters. The minimum absolute atomic E-state index is 0.819. The molecule has 0 aliphatic heterocycles. The largest absolute Gasteiger partial charge is 0.397 e. The maximum atomic E-state index is 5.99. The van der Waals surface area contributed by atoms with Crippen LogP contribution >= 0.6 is 0 Å². The summed E-state index contributed by atoms with van der Waals surface area (Å²) < 4.78 is 2.12. The molecule has 0 spiro atoms. The molecule has 0 saturated carbocycles. The summed E-state index contributed by atoms with van der Waals surface area (Å²) in [4.78, 5) is 0. The summed E-state index contributed by atoms with van der Waals surface area (Å²) in [6, 6.07) is 18.4. The first-order valence-corrected chi connectivity index (χ1v) is 5.27. The van der Waals surface area contributed by atoms with E-state index in [9.17, 15) is 0 Å². The van der Waals surface area contributed by atoms with Crippen LogP contribution in [-0.2, 0) is 0 Å². The van der Waals surface area contributed by atoms with Crippen LogP contribution in [0.25, 0.3) is 16.6 Å². The van der Waals surface area contributed by atoms with Gasteiger partial charge in [0.15, 0.2) is 0 Å². The molecule has 2 heteroatoms. The molecular weight excluding hydrogens is 196 g/mol. The van der Waals surface area contributed by atoms with Crippen molar-refractivity contribution in [2.75, 3.05) is 5.73 Å². The lowest BCUT2D eigenvalue weighted by molar-refractivity contribution is 1.13. The van der Waals surface area contributed by atoms with Crippen LogP contribution in [0.5, 0.6) is 0 Å². The molecule has 0 saturated heterocycles. The Morgan fingerprint density at radius 2 is 1.50 bits per heavy atom. The van der Waals surface area contributed by atoms with Crippen molar-refractivity contribution in [1.82, 2.24) is 4.57 Å². The number of fused-ring (bicyclic) bond motifs is 1. The van der Waals surface area contributed by atoms with Gasteiger partial charge in [-0.1, -0.05) is 36.4 Å². The van der Waals surface area contributed by atoms with E-state index in [4.69, 9.17) is 5.73 Å². The highest BCUT2D eigenvalue weighted by Crippen LogP contribution is 2.25. The zero-order valence-corrected chi connectivity index (χ0v) is 8.80. The minimum Gasteiger partial charge on any atom is -0.397 e. The normalized spacial score (nSPS) is 10.8. The molecule has 0 aliphatic carbocycles. The van der Waals surface area contributed by atoms with Gasteiger partial charge in [-0.15, -0.1) is 0 Å². The van der Waals surface area contributed by atoms with Crippen LogP contribution in [0.1, 0.15) is 0 Å². The van der Waals surface area contributed by atoms with Crippen molar-refractivity contribution < 1.29 is 0 Å². The summed E-state index contributed by atoms with van der Waals surface area (Å²) in [6.07, 6.45) is 1.97. The maximum Gasteiger partial charge on any atom is 0.0578 e. The van der Waals surface area contributed by atoms with E-state index in [-0.39, 0.29) is 0 Å². The lowest BCUT2D eigenvalue weighted by atomic mass is 10.2. The Labute approximate surface area is 93.9 Å². The highest BCUT2D eigenvalue weighted by atomic mass is 15.0. The van der Waals surface area contributed by atoms with Gasteiger partial charge in [0.1, 0.15) is 0 Å². The molecule has 0 radical (unpaired) electrons. The molecule has 0 aliphatic rings. The first-order valence-electron chi connectivity index (χ1n) is 5.27. The van der Waals surface area contributed by atoms with E-state index in [1.165, 1.54) is 0 Å². The van der Waals surface area contributed by atoms with Gasteiger partial charge in [0.25, 0.3) is 0 Å². The number of benzene rings is 2. The minimum atomic E-state index is 0.819. The zero-order chi connectivity index (χ0) is 11.0. The Morgan fingerprint density at radius 3 is 2.31 bits per heavy atom. The molecule has 3 rings (SSSR count). The number of para-hydroxylation sites is 2. The lowest BCUT2D eigenvalue weighted by Crippen LogP contribution is -1.90. The monoisotopic (exact) mass is 208 g/mol.